The zero-order valence-electron chi connectivity index (χ0n) is 10.6. The number of carbonyl (C=O) groups excluding carboxylic acids is 1. The van der Waals surface area contributed by atoms with Gasteiger partial charge in [0.1, 0.15) is 11.9 Å². The lowest BCUT2D eigenvalue weighted by molar-refractivity contribution is -0.124. The number of nitrogens with zero attached hydrogens (tertiary/aromatic N) is 1. The average Bonchev–Trinajstić information content (AvgIpc) is 2.34. The SMILES string of the molecule is CC(C)C1N=C(Cc2ccc(N)cc2)NNC1=O. The van der Waals surface area contributed by atoms with Gasteiger partial charge in [0.05, 0.1) is 0 Å². The average molecular weight is 246 g/mol. The molecule has 0 bridgehead atoms. The van der Waals surface area contributed by atoms with Crippen molar-refractivity contribution in [2.45, 2.75) is 26.3 Å². The van der Waals surface area contributed by atoms with Gasteiger partial charge in [0.2, 0.25) is 0 Å². The summed E-state index contributed by atoms with van der Waals surface area (Å²) in [4.78, 5) is 16.0. The number of hydrogen-bond acceptors (Lipinski definition) is 4. The lowest BCUT2D eigenvalue weighted by Crippen LogP contribution is -2.53. The lowest BCUT2D eigenvalue weighted by atomic mass is 10.0. The molecule has 0 aromatic heterocycles. The minimum absolute atomic E-state index is 0.0777. The first-order chi connectivity index (χ1) is 8.56. The Hall–Kier alpha value is -2.04. The van der Waals surface area contributed by atoms with Crippen LogP contribution in [0.3, 0.4) is 0 Å². The van der Waals surface area contributed by atoms with E-state index in [0.29, 0.717) is 6.42 Å². The maximum atomic E-state index is 11.6. The predicted molar refractivity (Wildman–Crippen MR) is 71.9 cm³/mol. The topological polar surface area (TPSA) is 79.5 Å². The lowest BCUT2D eigenvalue weighted by Gasteiger charge is -2.24. The normalized spacial score (nSPS) is 19.2. The number of carbonyl (C=O) groups is 1. The second kappa shape index (κ2) is 5.08. The molecule has 5 nitrogen and oxygen atoms in total. The van der Waals surface area contributed by atoms with Crippen LogP contribution in [0.4, 0.5) is 5.69 Å². The molecule has 4 N–H and O–H groups in total. The highest BCUT2D eigenvalue weighted by molar-refractivity contribution is 5.94. The number of benzene rings is 1. The summed E-state index contributed by atoms with van der Waals surface area (Å²) in [6.45, 7) is 3.97. The smallest absolute Gasteiger partial charge is 0.263 e. The van der Waals surface area contributed by atoms with Gasteiger partial charge in [-0.25, -0.2) is 0 Å². The Morgan fingerprint density at radius 1 is 1.28 bits per heavy atom. The molecule has 0 fully saturated rings. The fraction of sp³-hybridized carbons (Fsp3) is 0.385. The van der Waals surface area contributed by atoms with Crippen LogP contribution in [0, 0.1) is 5.92 Å². The molecule has 0 aliphatic carbocycles. The van der Waals surface area contributed by atoms with E-state index in [1.807, 2.05) is 38.1 Å². The molecule has 18 heavy (non-hydrogen) atoms. The number of amidine groups is 1. The van der Waals surface area contributed by atoms with E-state index >= 15 is 0 Å². The molecular weight excluding hydrogens is 228 g/mol. The molecule has 1 atom stereocenters. The third-order valence-electron chi connectivity index (χ3n) is 2.88. The third-order valence-corrected chi connectivity index (χ3v) is 2.88. The van der Waals surface area contributed by atoms with Gasteiger partial charge in [-0.1, -0.05) is 26.0 Å². The maximum absolute atomic E-state index is 11.6. The fourth-order valence-electron chi connectivity index (χ4n) is 1.84. The molecule has 1 amide bonds. The minimum atomic E-state index is -0.310. The number of anilines is 1. The molecule has 0 saturated heterocycles. The Balaban J connectivity index is 2.11. The molecular formula is C13H18N4O. The molecule has 1 aromatic carbocycles. The van der Waals surface area contributed by atoms with Crippen LogP contribution < -0.4 is 16.6 Å². The molecule has 0 spiro atoms. The first kappa shape index (κ1) is 12.4. The van der Waals surface area contributed by atoms with Crippen molar-refractivity contribution < 1.29 is 4.79 Å². The van der Waals surface area contributed by atoms with Crippen molar-refractivity contribution in [2.75, 3.05) is 5.73 Å². The number of nitrogens with one attached hydrogen (secondary N) is 2. The Morgan fingerprint density at radius 2 is 1.94 bits per heavy atom. The van der Waals surface area contributed by atoms with Crippen LogP contribution in [0.5, 0.6) is 0 Å². The van der Waals surface area contributed by atoms with E-state index in [1.165, 1.54) is 0 Å². The highest BCUT2D eigenvalue weighted by Gasteiger charge is 2.25. The molecule has 0 radical (unpaired) electrons. The second-order valence-corrected chi connectivity index (χ2v) is 4.80. The van der Waals surface area contributed by atoms with E-state index < -0.39 is 0 Å². The first-order valence-electron chi connectivity index (χ1n) is 6.03. The third kappa shape index (κ3) is 2.80. The summed E-state index contributed by atoms with van der Waals surface area (Å²) in [6, 6.07) is 7.32. The zero-order valence-corrected chi connectivity index (χ0v) is 10.6. The van der Waals surface area contributed by atoms with Crippen molar-refractivity contribution in [3.63, 3.8) is 0 Å². The van der Waals surface area contributed by atoms with E-state index in [-0.39, 0.29) is 17.9 Å². The molecule has 0 saturated carbocycles. The van der Waals surface area contributed by atoms with E-state index in [2.05, 4.69) is 15.8 Å². The molecule has 1 heterocycles. The molecule has 1 unspecified atom stereocenters. The van der Waals surface area contributed by atoms with Crippen molar-refractivity contribution >= 4 is 17.4 Å². The Labute approximate surface area is 106 Å². The van der Waals surface area contributed by atoms with Crippen LogP contribution in [-0.4, -0.2) is 17.8 Å². The van der Waals surface area contributed by atoms with Crippen molar-refractivity contribution in [3.05, 3.63) is 29.8 Å². The van der Waals surface area contributed by atoms with Gasteiger partial charge >= 0.3 is 0 Å². The maximum Gasteiger partial charge on any atom is 0.263 e. The highest BCUT2D eigenvalue weighted by atomic mass is 16.2. The van der Waals surface area contributed by atoms with Crippen LogP contribution in [0.2, 0.25) is 0 Å². The van der Waals surface area contributed by atoms with Crippen molar-refractivity contribution in [1.82, 2.24) is 10.9 Å². The van der Waals surface area contributed by atoms with Gasteiger partial charge in [0.15, 0.2) is 0 Å². The minimum Gasteiger partial charge on any atom is -0.399 e. The standard InChI is InChI=1S/C13H18N4O/c1-8(2)12-13(18)17-16-11(15-12)7-9-3-5-10(14)6-4-9/h3-6,8,12H,7,14H2,1-2H3,(H,15,16)(H,17,18). The molecule has 1 aliphatic heterocycles. The molecule has 1 aromatic rings. The number of nitrogens with two attached hydrogens (primary N) is 1. The van der Waals surface area contributed by atoms with Gasteiger partial charge in [-0.3, -0.25) is 20.6 Å². The van der Waals surface area contributed by atoms with Crippen LogP contribution in [0.25, 0.3) is 0 Å². The Morgan fingerprint density at radius 3 is 2.56 bits per heavy atom. The summed E-state index contributed by atoms with van der Waals surface area (Å²) in [5.41, 5.74) is 13.0. The van der Waals surface area contributed by atoms with Gasteiger partial charge in [-0.15, -0.1) is 0 Å². The van der Waals surface area contributed by atoms with Gasteiger partial charge in [-0.2, -0.15) is 0 Å². The first-order valence-corrected chi connectivity index (χ1v) is 6.03. The van der Waals surface area contributed by atoms with Crippen LogP contribution >= 0.6 is 0 Å². The molecule has 96 valence electrons. The van der Waals surface area contributed by atoms with Crippen molar-refractivity contribution in [1.29, 1.82) is 0 Å². The summed E-state index contributed by atoms with van der Waals surface area (Å²) in [6.07, 6.45) is 0.657. The quantitative estimate of drug-likeness (QED) is 0.692. The zero-order chi connectivity index (χ0) is 13.1. The van der Waals surface area contributed by atoms with Gasteiger partial charge < -0.3 is 5.73 Å². The highest BCUT2D eigenvalue weighted by Crippen LogP contribution is 2.11. The summed E-state index contributed by atoms with van der Waals surface area (Å²) >= 11 is 0. The van der Waals surface area contributed by atoms with E-state index in [4.69, 9.17) is 5.73 Å². The predicted octanol–water partition coefficient (Wildman–Crippen LogP) is 0.869. The largest absolute Gasteiger partial charge is 0.399 e. The number of nitrogen functional groups attached to an aromatic ring is 1. The van der Waals surface area contributed by atoms with E-state index in [0.717, 1.165) is 17.1 Å². The summed E-state index contributed by atoms with van der Waals surface area (Å²) in [5, 5.41) is 0. The van der Waals surface area contributed by atoms with Gasteiger partial charge in [0, 0.05) is 12.1 Å². The number of aliphatic imine (C=N–C) groups is 1. The van der Waals surface area contributed by atoms with Crippen LogP contribution in [0.1, 0.15) is 19.4 Å². The fourth-order valence-corrected chi connectivity index (χ4v) is 1.84. The van der Waals surface area contributed by atoms with E-state index in [1.54, 1.807) is 0 Å². The number of hydrazine groups is 1. The number of amides is 1. The number of hydrogen-bond donors (Lipinski definition) is 3. The Bertz CT molecular complexity index is 464. The van der Waals surface area contributed by atoms with Crippen molar-refractivity contribution in [2.24, 2.45) is 10.9 Å². The van der Waals surface area contributed by atoms with Gasteiger partial charge in [0.25, 0.3) is 5.91 Å². The van der Waals surface area contributed by atoms with Crippen LogP contribution in [0.15, 0.2) is 29.3 Å². The van der Waals surface area contributed by atoms with E-state index in [9.17, 15) is 4.79 Å². The second-order valence-electron chi connectivity index (χ2n) is 4.80. The molecule has 1 aliphatic rings. The number of rotatable bonds is 3. The Kier molecular flexibility index (Phi) is 3.50. The summed E-state index contributed by atoms with van der Waals surface area (Å²) < 4.78 is 0. The monoisotopic (exact) mass is 246 g/mol. The summed E-state index contributed by atoms with van der Waals surface area (Å²) in [7, 11) is 0. The molecule has 2 rings (SSSR count). The van der Waals surface area contributed by atoms with Gasteiger partial charge in [-0.05, 0) is 23.6 Å². The summed E-state index contributed by atoms with van der Waals surface area (Å²) in [5.74, 6) is 0.887. The molecule has 5 heteroatoms. The van der Waals surface area contributed by atoms with Crippen molar-refractivity contribution in [3.8, 4) is 0 Å². The van der Waals surface area contributed by atoms with Crippen LogP contribution in [-0.2, 0) is 11.2 Å².